The summed E-state index contributed by atoms with van der Waals surface area (Å²) in [5, 5.41) is 6.92. The van der Waals surface area contributed by atoms with E-state index in [-0.39, 0.29) is 18.3 Å². The van der Waals surface area contributed by atoms with Crippen molar-refractivity contribution < 1.29 is 14.3 Å². The molecule has 1 atom stereocenters. The van der Waals surface area contributed by atoms with Crippen molar-refractivity contribution in [1.82, 2.24) is 20.1 Å². The van der Waals surface area contributed by atoms with Crippen molar-refractivity contribution in [3.05, 3.63) is 78.4 Å². The Hall–Kier alpha value is -3.94. The van der Waals surface area contributed by atoms with Crippen molar-refractivity contribution in [2.24, 2.45) is 0 Å². The van der Waals surface area contributed by atoms with Gasteiger partial charge in [0.25, 0.3) is 11.8 Å². The second-order valence-corrected chi connectivity index (χ2v) is 7.45. The third-order valence-electron chi connectivity index (χ3n) is 5.08. The van der Waals surface area contributed by atoms with Gasteiger partial charge in [-0.15, -0.1) is 5.10 Å². The first kappa shape index (κ1) is 20.3. The summed E-state index contributed by atoms with van der Waals surface area (Å²) in [6, 6.07) is 14.4. The predicted molar refractivity (Wildman–Crippen MR) is 117 cm³/mol. The number of anilines is 1. The Labute approximate surface area is 180 Å². The highest BCUT2D eigenvalue weighted by Gasteiger charge is 2.31. The molecule has 2 aromatic carbocycles. The van der Waals surface area contributed by atoms with E-state index in [9.17, 15) is 9.59 Å². The molecule has 0 spiro atoms. The van der Waals surface area contributed by atoms with Crippen LogP contribution in [0.3, 0.4) is 0 Å². The SMILES string of the molecule is C=C(C)c1ccc2c(c1)N(C)C(=O)[C@@H](NC(=O)c1ncn(Cc3ccccc3)n1)CO2. The van der Waals surface area contributed by atoms with Crippen molar-refractivity contribution in [1.29, 1.82) is 0 Å². The average Bonchev–Trinajstić information content (AvgIpc) is 3.20. The van der Waals surface area contributed by atoms with Gasteiger partial charge in [-0.25, -0.2) is 9.67 Å². The highest BCUT2D eigenvalue weighted by Crippen LogP contribution is 2.33. The van der Waals surface area contributed by atoms with Crippen LogP contribution in [-0.4, -0.2) is 46.3 Å². The molecule has 0 radical (unpaired) electrons. The fraction of sp³-hybridized carbons (Fsp3) is 0.217. The van der Waals surface area contributed by atoms with Crippen molar-refractivity contribution in [2.45, 2.75) is 19.5 Å². The molecule has 8 heteroatoms. The van der Waals surface area contributed by atoms with Crippen LogP contribution in [0.15, 0.2) is 61.4 Å². The van der Waals surface area contributed by atoms with Crippen LogP contribution < -0.4 is 15.0 Å². The largest absolute Gasteiger partial charge is 0.489 e. The Kier molecular flexibility index (Phi) is 5.53. The number of likely N-dealkylation sites (N-methyl/N-ethyl adjacent to an activating group) is 1. The highest BCUT2D eigenvalue weighted by molar-refractivity contribution is 6.02. The minimum absolute atomic E-state index is 0.00212. The molecule has 3 aromatic rings. The van der Waals surface area contributed by atoms with Crippen molar-refractivity contribution in [3.63, 3.8) is 0 Å². The summed E-state index contributed by atoms with van der Waals surface area (Å²) in [5.74, 6) is -0.244. The number of carbonyl (C=O) groups excluding carboxylic acids is 2. The van der Waals surface area contributed by atoms with E-state index >= 15 is 0 Å². The number of hydrogen-bond acceptors (Lipinski definition) is 5. The maximum atomic E-state index is 13.0. The minimum Gasteiger partial charge on any atom is -0.489 e. The number of ether oxygens (including phenoxy) is 1. The fourth-order valence-electron chi connectivity index (χ4n) is 3.34. The van der Waals surface area contributed by atoms with Crippen LogP contribution in [0.25, 0.3) is 5.57 Å². The van der Waals surface area contributed by atoms with Gasteiger partial charge in [-0.2, -0.15) is 0 Å². The van der Waals surface area contributed by atoms with Gasteiger partial charge in [0.2, 0.25) is 5.82 Å². The third kappa shape index (κ3) is 4.32. The zero-order valence-corrected chi connectivity index (χ0v) is 17.4. The number of nitrogens with zero attached hydrogens (tertiary/aromatic N) is 4. The molecule has 1 aliphatic rings. The van der Waals surface area contributed by atoms with E-state index < -0.39 is 11.9 Å². The number of hydrogen-bond donors (Lipinski definition) is 1. The number of fused-ring (bicyclic) bond motifs is 1. The standard InChI is InChI=1S/C23H23N5O3/c1-15(2)17-9-10-20-19(11-17)27(3)23(30)18(13-31-20)25-22(29)21-24-14-28(26-21)12-16-7-5-4-6-8-16/h4-11,14,18H,1,12-13H2,2-3H3,(H,25,29)/t18-/m0/s1. The van der Waals surface area contributed by atoms with Crippen molar-refractivity contribution in [3.8, 4) is 5.75 Å². The molecule has 158 valence electrons. The molecule has 0 unspecified atom stereocenters. The lowest BCUT2D eigenvalue weighted by atomic mass is 10.1. The molecule has 2 amide bonds. The maximum absolute atomic E-state index is 13.0. The number of rotatable bonds is 5. The van der Waals surface area contributed by atoms with E-state index in [1.807, 2.05) is 49.4 Å². The molecule has 1 aromatic heterocycles. The van der Waals surface area contributed by atoms with Gasteiger partial charge in [0.1, 0.15) is 24.7 Å². The highest BCUT2D eigenvalue weighted by atomic mass is 16.5. The predicted octanol–water partition coefficient (Wildman–Crippen LogP) is 2.51. The van der Waals surface area contributed by atoms with E-state index in [0.29, 0.717) is 18.0 Å². The molecule has 31 heavy (non-hydrogen) atoms. The number of nitrogens with one attached hydrogen (secondary N) is 1. The molecule has 4 rings (SSSR count). The first-order chi connectivity index (χ1) is 14.9. The zero-order chi connectivity index (χ0) is 22.0. The lowest BCUT2D eigenvalue weighted by Gasteiger charge is -2.20. The van der Waals surface area contributed by atoms with E-state index in [0.717, 1.165) is 16.7 Å². The smallest absolute Gasteiger partial charge is 0.291 e. The van der Waals surface area contributed by atoms with Crippen LogP contribution in [-0.2, 0) is 11.3 Å². The van der Waals surface area contributed by atoms with Gasteiger partial charge in [-0.3, -0.25) is 9.59 Å². The maximum Gasteiger partial charge on any atom is 0.291 e. The summed E-state index contributed by atoms with van der Waals surface area (Å²) >= 11 is 0. The fourth-order valence-corrected chi connectivity index (χ4v) is 3.34. The summed E-state index contributed by atoms with van der Waals surface area (Å²) in [7, 11) is 1.66. The zero-order valence-electron chi connectivity index (χ0n) is 17.4. The first-order valence-electron chi connectivity index (χ1n) is 9.87. The van der Waals surface area contributed by atoms with Crippen LogP contribution in [0, 0.1) is 0 Å². The Morgan fingerprint density at radius 1 is 1.26 bits per heavy atom. The Balaban J connectivity index is 1.46. The van der Waals surface area contributed by atoms with Crippen LogP contribution in [0.4, 0.5) is 5.69 Å². The summed E-state index contributed by atoms with van der Waals surface area (Å²) in [6.07, 6.45) is 1.49. The topological polar surface area (TPSA) is 89.4 Å². The van der Waals surface area contributed by atoms with Gasteiger partial charge in [-0.1, -0.05) is 48.6 Å². The lowest BCUT2D eigenvalue weighted by molar-refractivity contribution is -0.120. The minimum atomic E-state index is -0.862. The third-order valence-corrected chi connectivity index (χ3v) is 5.08. The van der Waals surface area contributed by atoms with E-state index in [4.69, 9.17) is 4.74 Å². The molecule has 1 aliphatic heterocycles. The summed E-state index contributed by atoms with van der Waals surface area (Å²) in [6.45, 7) is 6.35. The van der Waals surface area contributed by atoms with E-state index in [1.165, 1.54) is 11.2 Å². The molecule has 0 bridgehead atoms. The van der Waals surface area contributed by atoms with Gasteiger partial charge in [0, 0.05) is 7.05 Å². The molecule has 0 saturated heterocycles. The molecule has 8 nitrogen and oxygen atoms in total. The quantitative estimate of drug-likeness (QED) is 0.689. The van der Waals surface area contributed by atoms with Gasteiger partial charge >= 0.3 is 0 Å². The number of amides is 2. The molecule has 0 saturated carbocycles. The van der Waals surface area contributed by atoms with E-state index in [1.54, 1.807) is 17.8 Å². The number of aromatic nitrogens is 3. The second-order valence-electron chi connectivity index (χ2n) is 7.45. The van der Waals surface area contributed by atoms with E-state index in [2.05, 4.69) is 22.0 Å². The van der Waals surface area contributed by atoms with Gasteiger partial charge < -0.3 is 15.0 Å². The van der Waals surface area contributed by atoms with Crippen LogP contribution in [0.5, 0.6) is 5.75 Å². The summed E-state index contributed by atoms with van der Waals surface area (Å²) < 4.78 is 7.38. The van der Waals surface area contributed by atoms with Crippen LogP contribution >= 0.6 is 0 Å². The molecular weight excluding hydrogens is 394 g/mol. The molecule has 0 fully saturated rings. The molecular formula is C23H23N5O3. The summed E-state index contributed by atoms with van der Waals surface area (Å²) in [4.78, 5) is 31.2. The second kappa shape index (κ2) is 8.43. The number of allylic oxidation sites excluding steroid dienone is 1. The summed E-state index contributed by atoms with van der Waals surface area (Å²) in [5.41, 5.74) is 3.47. The Bertz CT molecular complexity index is 1140. The monoisotopic (exact) mass is 417 g/mol. The van der Waals surface area contributed by atoms with Gasteiger partial charge in [0.05, 0.1) is 12.2 Å². The molecule has 1 N–H and O–H groups in total. The first-order valence-corrected chi connectivity index (χ1v) is 9.87. The lowest BCUT2D eigenvalue weighted by Crippen LogP contribution is -2.49. The van der Waals surface area contributed by atoms with Gasteiger partial charge in [0.15, 0.2) is 0 Å². The van der Waals surface area contributed by atoms with Crippen molar-refractivity contribution in [2.75, 3.05) is 18.6 Å². The van der Waals surface area contributed by atoms with Crippen LogP contribution in [0.1, 0.15) is 28.7 Å². The van der Waals surface area contributed by atoms with Gasteiger partial charge in [-0.05, 0) is 30.2 Å². The Morgan fingerprint density at radius 2 is 2.03 bits per heavy atom. The Morgan fingerprint density at radius 3 is 2.77 bits per heavy atom. The number of benzene rings is 2. The normalized spacial score (nSPS) is 15.6. The average molecular weight is 417 g/mol. The molecule has 0 aliphatic carbocycles. The molecule has 2 heterocycles. The van der Waals surface area contributed by atoms with Crippen molar-refractivity contribution >= 4 is 23.1 Å². The number of carbonyl (C=O) groups is 2. The van der Waals surface area contributed by atoms with Crippen LogP contribution in [0.2, 0.25) is 0 Å².